The van der Waals surface area contributed by atoms with Crippen molar-refractivity contribution in [3.05, 3.63) is 0 Å². The van der Waals surface area contributed by atoms with E-state index in [-0.39, 0.29) is 0 Å². The second-order valence-corrected chi connectivity index (χ2v) is 3.08. The average Bonchev–Trinajstić information content (AvgIpc) is 2.46. The Hall–Kier alpha value is -0.0400. The van der Waals surface area contributed by atoms with Crippen LogP contribution in [0.3, 0.4) is 0 Å². The Labute approximate surface area is 50.5 Å². The lowest BCUT2D eigenvalue weighted by Crippen LogP contribution is -2.24. The van der Waals surface area contributed by atoms with Crippen molar-refractivity contribution < 1.29 is 0 Å². The number of hydrogen-bond acceptors (Lipinski definition) is 1. The summed E-state index contributed by atoms with van der Waals surface area (Å²) >= 11 is 0. The number of piperidine rings is 1. The highest BCUT2D eigenvalue weighted by atomic mass is 15.0. The summed E-state index contributed by atoms with van der Waals surface area (Å²) in [7, 11) is 0. The van der Waals surface area contributed by atoms with Crippen molar-refractivity contribution >= 4 is 0 Å². The molecule has 1 N–H and O–H groups in total. The molecular weight excluding hydrogens is 98.1 g/mol. The first kappa shape index (κ1) is 4.80. The van der Waals surface area contributed by atoms with E-state index in [9.17, 15) is 0 Å². The molecule has 0 aromatic carbocycles. The summed E-state index contributed by atoms with van der Waals surface area (Å²) in [5.41, 5.74) is 0. The fourth-order valence-electron chi connectivity index (χ4n) is 1.90. The fraction of sp³-hybridized carbons (Fsp3) is 1.00. The van der Waals surface area contributed by atoms with Gasteiger partial charge in [-0.25, -0.2) is 0 Å². The molecule has 0 aromatic rings. The van der Waals surface area contributed by atoms with Gasteiger partial charge in [-0.1, -0.05) is 6.92 Å². The van der Waals surface area contributed by atoms with Crippen LogP contribution in [-0.4, -0.2) is 12.6 Å². The largest absolute Gasteiger partial charge is 0.313 e. The van der Waals surface area contributed by atoms with Gasteiger partial charge in [0.15, 0.2) is 0 Å². The van der Waals surface area contributed by atoms with Crippen LogP contribution in [0.15, 0.2) is 0 Å². The summed E-state index contributed by atoms with van der Waals surface area (Å²) in [6.45, 7) is 3.58. The van der Waals surface area contributed by atoms with Crippen molar-refractivity contribution in [2.45, 2.75) is 25.8 Å². The molecular formula is C7H13N. The highest BCUT2D eigenvalue weighted by molar-refractivity contribution is 5.01. The molecule has 2 aliphatic rings. The van der Waals surface area contributed by atoms with Crippen molar-refractivity contribution in [2.75, 3.05) is 6.54 Å². The molecule has 1 aliphatic carbocycles. The average molecular weight is 111 g/mol. The first-order chi connectivity index (χ1) is 3.92. The second kappa shape index (κ2) is 1.47. The summed E-state index contributed by atoms with van der Waals surface area (Å²) in [6, 6.07) is 0.889. The number of fused-ring (bicyclic) bond motifs is 1. The molecule has 0 spiro atoms. The Balaban J connectivity index is 1.97. The summed E-state index contributed by atoms with van der Waals surface area (Å²) < 4.78 is 0. The van der Waals surface area contributed by atoms with Gasteiger partial charge in [0, 0.05) is 6.04 Å². The highest BCUT2D eigenvalue weighted by Gasteiger charge is 2.46. The predicted molar refractivity (Wildman–Crippen MR) is 33.7 cm³/mol. The monoisotopic (exact) mass is 111 g/mol. The van der Waals surface area contributed by atoms with E-state index < -0.39 is 0 Å². The van der Waals surface area contributed by atoms with E-state index in [2.05, 4.69) is 12.2 Å². The van der Waals surface area contributed by atoms with E-state index in [1.54, 1.807) is 0 Å². The van der Waals surface area contributed by atoms with E-state index >= 15 is 0 Å². The van der Waals surface area contributed by atoms with E-state index in [0.717, 1.165) is 17.9 Å². The van der Waals surface area contributed by atoms with Crippen LogP contribution in [0.1, 0.15) is 19.8 Å². The molecule has 1 heteroatoms. The molecule has 3 atom stereocenters. The zero-order valence-electron chi connectivity index (χ0n) is 5.35. The maximum absolute atomic E-state index is 3.51. The Morgan fingerprint density at radius 3 is 2.75 bits per heavy atom. The van der Waals surface area contributed by atoms with Crippen LogP contribution in [0.4, 0.5) is 0 Å². The van der Waals surface area contributed by atoms with Crippen molar-refractivity contribution in [3.63, 3.8) is 0 Å². The van der Waals surface area contributed by atoms with Crippen LogP contribution in [0.25, 0.3) is 0 Å². The lowest BCUT2D eigenvalue weighted by atomic mass is 10.1. The maximum atomic E-state index is 3.51. The molecule has 1 heterocycles. The molecule has 1 aliphatic heterocycles. The molecule has 2 rings (SSSR count). The quantitative estimate of drug-likeness (QED) is 0.532. The van der Waals surface area contributed by atoms with Gasteiger partial charge in [0.1, 0.15) is 0 Å². The lowest BCUT2D eigenvalue weighted by molar-refractivity contribution is 0.519. The van der Waals surface area contributed by atoms with Crippen LogP contribution >= 0.6 is 0 Å². The summed E-state index contributed by atoms with van der Waals surface area (Å²) in [5, 5.41) is 3.51. The zero-order chi connectivity index (χ0) is 5.56. The Kier molecular flexibility index (Phi) is 0.884. The van der Waals surface area contributed by atoms with E-state index in [0.29, 0.717) is 0 Å². The minimum absolute atomic E-state index is 0.889. The Morgan fingerprint density at radius 2 is 2.50 bits per heavy atom. The zero-order valence-corrected chi connectivity index (χ0v) is 5.35. The molecule has 46 valence electrons. The van der Waals surface area contributed by atoms with Crippen LogP contribution < -0.4 is 5.32 Å². The minimum Gasteiger partial charge on any atom is -0.313 e. The van der Waals surface area contributed by atoms with Crippen molar-refractivity contribution in [3.8, 4) is 0 Å². The topological polar surface area (TPSA) is 12.0 Å². The molecule has 0 amide bonds. The van der Waals surface area contributed by atoms with Crippen LogP contribution in [0, 0.1) is 11.8 Å². The van der Waals surface area contributed by atoms with Gasteiger partial charge < -0.3 is 5.32 Å². The Bertz CT molecular complexity index is 101. The second-order valence-electron chi connectivity index (χ2n) is 3.08. The molecule has 0 radical (unpaired) electrons. The van der Waals surface area contributed by atoms with Gasteiger partial charge in [0.25, 0.3) is 0 Å². The van der Waals surface area contributed by atoms with E-state index in [4.69, 9.17) is 0 Å². The van der Waals surface area contributed by atoms with Crippen LogP contribution in [0.2, 0.25) is 0 Å². The standard InChI is InChI=1S/C7H13N/c1-2-7-6-3-5(6)4-8-7/h5-8H,2-4H2,1H3/t5-,6-,7+/m0/s1. The van der Waals surface area contributed by atoms with Gasteiger partial charge in [-0.2, -0.15) is 0 Å². The highest BCUT2D eigenvalue weighted by Crippen LogP contribution is 2.45. The van der Waals surface area contributed by atoms with Gasteiger partial charge in [0.05, 0.1) is 0 Å². The third-order valence-corrected chi connectivity index (χ3v) is 2.58. The number of rotatable bonds is 1. The third kappa shape index (κ3) is 0.510. The summed E-state index contributed by atoms with van der Waals surface area (Å²) in [5.74, 6) is 2.17. The molecule has 2 fully saturated rings. The summed E-state index contributed by atoms with van der Waals surface area (Å²) in [4.78, 5) is 0. The van der Waals surface area contributed by atoms with Crippen LogP contribution in [0.5, 0.6) is 0 Å². The third-order valence-electron chi connectivity index (χ3n) is 2.58. The molecule has 0 bridgehead atoms. The van der Waals surface area contributed by atoms with Gasteiger partial charge in [-0.15, -0.1) is 0 Å². The first-order valence-electron chi connectivity index (χ1n) is 3.65. The smallest absolute Gasteiger partial charge is 0.00960 e. The van der Waals surface area contributed by atoms with Crippen LogP contribution in [-0.2, 0) is 0 Å². The first-order valence-corrected chi connectivity index (χ1v) is 3.65. The molecule has 0 unspecified atom stereocenters. The fourth-order valence-corrected chi connectivity index (χ4v) is 1.90. The molecule has 0 aromatic heterocycles. The van der Waals surface area contributed by atoms with Gasteiger partial charge in [-0.05, 0) is 31.2 Å². The molecule has 1 nitrogen and oxygen atoms in total. The molecule has 1 saturated heterocycles. The van der Waals surface area contributed by atoms with E-state index in [1.165, 1.54) is 19.4 Å². The normalized spacial score (nSPS) is 51.4. The molecule has 8 heavy (non-hydrogen) atoms. The minimum atomic E-state index is 0.889. The van der Waals surface area contributed by atoms with Crippen molar-refractivity contribution in [1.29, 1.82) is 0 Å². The SMILES string of the molecule is CC[C@H]1NC[C@@H]2C[C@@H]21. The predicted octanol–water partition coefficient (Wildman–Crippen LogP) is 1.00. The summed E-state index contributed by atoms with van der Waals surface area (Å²) in [6.07, 6.45) is 2.85. The van der Waals surface area contributed by atoms with Gasteiger partial charge in [-0.3, -0.25) is 0 Å². The Morgan fingerprint density at radius 1 is 1.62 bits per heavy atom. The van der Waals surface area contributed by atoms with Crippen molar-refractivity contribution in [2.24, 2.45) is 11.8 Å². The number of hydrogen-bond donors (Lipinski definition) is 1. The molecule has 1 saturated carbocycles. The maximum Gasteiger partial charge on any atom is 0.00960 e. The van der Waals surface area contributed by atoms with Crippen molar-refractivity contribution in [1.82, 2.24) is 5.32 Å². The number of nitrogens with one attached hydrogen (secondary N) is 1. The van der Waals surface area contributed by atoms with Gasteiger partial charge >= 0.3 is 0 Å². The van der Waals surface area contributed by atoms with E-state index in [1.807, 2.05) is 0 Å². The lowest BCUT2D eigenvalue weighted by Gasteiger charge is -2.07. The van der Waals surface area contributed by atoms with Gasteiger partial charge in [0.2, 0.25) is 0 Å².